The molecule has 0 bridgehead atoms. The van der Waals surface area contributed by atoms with E-state index in [0.717, 1.165) is 11.4 Å². The third-order valence-electron chi connectivity index (χ3n) is 4.59. The Hall–Kier alpha value is -3.47. The normalized spacial score (nSPS) is 11.0. The molecule has 1 aromatic heterocycles. The predicted octanol–water partition coefficient (Wildman–Crippen LogP) is 5.58. The van der Waals surface area contributed by atoms with E-state index in [2.05, 4.69) is 48.5 Å². The highest BCUT2D eigenvalue weighted by molar-refractivity contribution is 6.03. The number of rotatable bonds is 5. The molecule has 1 heterocycles. The number of carbonyl (C=O) groups is 2. The summed E-state index contributed by atoms with van der Waals surface area (Å²) in [6, 6.07) is 18.5. The number of amides is 1. The minimum atomic E-state index is -0.304. The Labute approximate surface area is 171 Å². The first-order chi connectivity index (χ1) is 13.7. The molecule has 29 heavy (non-hydrogen) atoms. The second kappa shape index (κ2) is 8.27. The minimum Gasteiger partial charge on any atom is -0.354 e. The lowest BCUT2D eigenvalue weighted by Gasteiger charge is -2.19. The van der Waals surface area contributed by atoms with Gasteiger partial charge in [0.2, 0.25) is 0 Å². The van der Waals surface area contributed by atoms with Crippen molar-refractivity contribution in [3.05, 3.63) is 83.7 Å². The minimum absolute atomic E-state index is 0.0133. The molecule has 0 atom stereocenters. The van der Waals surface area contributed by atoms with Crippen molar-refractivity contribution in [2.75, 3.05) is 10.6 Å². The molecule has 0 aliphatic rings. The van der Waals surface area contributed by atoms with Gasteiger partial charge < -0.3 is 10.6 Å². The Bertz CT molecular complexity index is 1000. The molecule has 3 rings (SSSR count). The molecule has 5 heteroatoms. The van der Waals surface area contributed by atoms with E-state index in [1.807, 2.05) is 18.2 Å². The van der Waals surface area contributed by atoms with Crippen LogP contribution in [0.1, 0.15) is 54.1 Å². The van der Waals surface area contributed by atoms with Gasteiger partial charge in [-0.15, -0.1) is 0 Å². The summed E-state index contributed by atoms with van der Waals surface area (Å²) in [6.45, 7) is 8.05. The van der Waals surface area contributed by atoms with Gasteiger partial charge in [0.1, 0.15) is 5.69 Å². The van der Waals surface area contributed by atoms with Gasteiger partial charge >= 0.3 is 0 Å². The maximum absolute atomic E-state index is 12.4. The van der Waals surface area contributed by atoms with Crippen molar-refractivity contribution >= 4 is 28.8 Å². The van der Waals surface area contributed by atoms with Gasteiger partial charge in [-0.2, -0.15) is 0 Å². The maximum Gasteiger partial charge on any atom is 0.274 e. The van der Waals surface area contributed by atoms with E-state index in [1.54, 1.807) is 36.5 Å². The first kappa shape index (κ1) is 20.3. The molecule has 5 nitrogen and oxygen atoms in total. The number of nitrogens with zero attached hydrogens (tertiary/aromatic N) is 1. The second-order valence-corrected chi connectivity index (χ2v) is 7.97. The summed E-state index contributed by atoms with van der Waals surface area (Å²) in [5, 5.41) is 6.07. The molecule has 148 valence electrons. The van der Waals surface area contributed by atoms with Crippen molar-refractivity contribution in [2.45, 2.75) is 33.1 Å². The summed E-state index contributed by atoms with van der Waals surface area (Å²) in [5.74, 6) is -0.317. The Balaban J connectivity index is 1.63. The van der Waals surface area contributed by atoms with E-state index < -0.39 is 0 Å². The fourth-order valence-corrected chi connectivity index (χ4v) is 2.81. The third kappa shape index (κ3) is 5.29. The Morgan fingerprint density at radius 3 is 1.90 bits per heavy atom. The van der Waals surface area contributed by atoms with Gasteiger partial charge in [0, 0.05) is 16.9 Å². The number of hydrogen-bond acceptors (Lipinski definition) is 4. The summed E-state index contributed by atoms with van der Waals surface area (Å²) >= 11 is 0. The van der Waals surface area contributed by atoms with Crippen LogP contribution in [0.25, 0.3) is 0 Å². The lowest BCUT2D eigenvalue weighted by atomic mass is 9.87. The Morgan fingerprint density at radius 1 is 0.793 bits per heavy atom. The highest BCUT2D eigenvalue weighted by Gasteiger charge is 2.13. The molecule has 3 aromatic rings. The van der Waals surface area contributed by atoms with Crippen LogP contribution in [-0.4, -0.2) is 16.7 Å². The maximum atomic E-state index is 12.4. The summed E-state index contributed by atoms with van der Waals surface area (Å²) in [5.41, 5.74) is 4.67. The smallest absolute Gasteiger partial charge is 0.274 e. The molecule has 2 N–H and O–H groups in total. The zero-order chi connectivity index (χ0) is 21.0. The number of anilines is 3. The van der Waals surface area contributed by atoms with Gasteiger partial charge in [-0.3, -0.25) is 9.59 Å². The fourth-order valence-electron chi connectivity index (χ4n) is 2.81. The average molecular weight is 387 g/mol. The van der Waals surface area contributed by atoms with E-state index >= 15 is 0 Å². The van der Waals surface area contributed by atoms with Crippen molar-refractivity contribution in [3.63, 3.8) is 0 Å². The van der Waals surface area contributed by atoms with E-state index in [9.17, 15) is 9.59 Å². The van der Waals surface area contributed by atoms with Crippen molar-refractivity contribution in [3.8, 4) is 0 Å². The molecule has 0 spiro atoms. The van der Waals surface area contributed by atoms with Crippen LogP contribution < -0.4 is 10.6 Å². The van der Waals surface area contributed by atoms with Gasteiger partial charge in [0.15, 0.2) is 5.78 Å². The van der Waals surface area contributed by atoms with Crippen LogP contribution in [0.5, 0.6) is 0 Å². The van der Waals surface area contributed by atoms with Gasteiger partial charge in [0.05, 0.1) is 11.9 Å². The van der Waals surface area contributed by atoms with E-state index in [1.165, 1.54) is 12.5 Å². The topological polar surface area (TPSA) is 71.1 Å². The number of benzene rings is 2. The highest BCUT2D eigenvalue weighted by atomic mass is 16.2. The van der Waals surface area contributed by atoms with Crippen LogP contribution in [0.4, 0.5) is 17.1 Å². The van der Waals surface area contributed by atoms with Crippen LogP contribution in [-0.2, 0) is 5.41 Å². The lowest BCUT2D eigenvalue weighted by Crippen LogP contribution is -2.13. The molecule has 1 amide bonds. The zero-order valence-electron chi connectivity index (χ0n) is 17.1. The summed E-state index contributed by atoms with van der Waals surface area (Å²) < 4.78 is 0. The van der Waals surface area contributed by atoms with Gasteiger partial charge in [-0.25, -0.2) is 4.98 Å². The molecule has 0 radical (unpaired) electrons. The number of carbonyl (C=O) groups excluding carboxylic acids is 2. The molecular weight excluding hydrogens is 362 g/mol. The third-order valence-corrected chi connectivity index (χ3v) is 4.59. The first-order valence-electron chi connectivity index (χ1n) is 9.48. The summed E-state index contributed by atoms with van der Waals surface area (Å²) in [4.78, 5) is 27.9. The predicted molar refractivity (Wildman–Crippen MR) is 117 cm³/mol. The molecule has 0 aliphatic heterocycles. The Morgan fingerprint density at radius 2 is 1.38 bits per heavy atom. The lowest BCUT2D eigenvalue weighted by molar-refractivity contribution is 0.101. The summed E-state index contributed by atoms with van der Waals surface area (Å²) in [7, 11) is 0. The van der Waals surface area contributed by atoms with E-state index in [4.69, 9.17) is 0 Å². The average Bonchev–Trinajstić information content (AvgIpc) is 2.68. The van der Waals surface area contributed by atoms with Gasteiger partial charge in [0.25, 0.3) is 5.91 Å². The number of nitrogens with one attached hydrogen (secondary N) is 2. The van der Waals surface area contributed by atoms with Gasteiger partial charge in [-0.05, 0) is 66.4 Å². The SMILES string of the molecule is CC(=O)c1ccc(NC(=O)c2ccc(Nc3ccc(C(C)(C)C)cc3)cn2)cc1. The molecule has 0 unspecified atom stereocenters. The fraction of sp³-hybridized carbons (Fsp3) is 0.208. The van der Waals surface area contributed by atoms with Crippen molar-refractivity contribution < 1.29 is 9.59 Å². The standard InChI is InChI=1S/C24H25N3O2/c1-16(28)17-5-9-20(10-6-17)27-23(29)22-14-13-21(15-25-22)26-19-11-7-18(8-12-19)24(2,3)4/h5-15,26H,1-4H3,(H,27,29). The van der Waals surface area contributed by atoms with E-state index in [-0.39, 0.29) is 17.1 Å². The van der Waals surface area contributed by atoms with Crippen molar-refractivity contribution in [1.29, 1.82) is 0 Å². The molecule has 0 saturated carbocycles. The first-order valence-corrected chi connectivity index (χ1v) is 9.48. The Kier molecular flexibility index (Phi) is 5.78. The van der Waals surface area contributed by atoms with Crippen LogP contribution >= 0.6 is 0 Å². The molecular formula is C24H25N3O2. The monoisotopic (exact) mass is 387 g/mol. The molecule has 2 aromatic carbocycles. The van der Waals surface area contributed by atoms with Crippen LogP contribution in [0.2, 0.25) is 0 Å². The van der Waals surface area contributed by atoms with Crippen molar-refractivity contribution in [2.24, 2.45) is 0 Å². The number of ketones is 1. The largest absolute Gasteiger partial charge is 0.354 e. The van der Waals surface area contributed by atoms with E-state index in [0.29, 0.717) is 16.9 Å². The summed E-state index contributed by atoms with van der Waals surface area (Å²) in [6.07, 6.45) is 1.63. The van der Waals surface area contributed by atoms with Crippen molar-refractivity contribution in [1.82, 2.24) is 4.98 Å². The van der Waals surface area contributed by atoms with Crippen LogP contribution in [0.3, 0.4) is 0 Å². The van der Waals surface area contributed by atoms with Crippen LogP contribution in [0, 0.1) is 0 Å². The highest BCUT2D eigenvalue weighted by Crippen LogP contribution is 2.24. The second-order valence-electron chi connectivity index (χ2n) is 7.97. The number of pyridine rings is 1. The number of Topliss-reactive ketones (excluding diaryl/α,β-unsaturated/α-hetero) is 1. The number of hydrogen-bond donors (Lipinski definition) is 2. The zero-order valence-corrected chi connectivity index (χ0v) is 17.1. The molecule has 0 saturated heterocycles. The molecule has 0 aliphatic carbocycles. The van der Waals surface area contributed by atoms with Gasteiger partial charge in [-0.1, -0.05) is 32.9 Å². The molecule has 0 fully saturated rings. The van der Waals surface area contributed by atoms with Crippen LogP contribution in [0.15, 0.2) is 66.9 Å². The quantitative estimate of drug-likeness (QED) is 0.561. The number of aromatic nitrogens is 1.